The van der Waals surface area contributed by atoms with Gasteiger partial charge >= 0.3 is 0 Å². The van der Waals surface area contributed by atoms with Crippen molar-refractivity contribution in [3.05, 3.63) is 70.2 Å². The number of nitrogens with one attached hydrogen (secondary N) is 1. The van der Waals surface area contributed by atoms with Gasteiger partial charge < -0.3 is 10.1 Å². The van der Waals surface area contributed by atoms with Gasteiger partial charge in [0.25, 0.3) is 0 Å². The summed E-state index contributed by atoms with van der Waals surface area (Å²) in [6, 6.07) is 14.3. The van der Waals surface area contributed by atoms with E-state index in [1.165, 1.54) is 12.1 Å². The van der Waals surface area contributed by atoms with Crippen molar-refractivity contribution in [2.24, 2.45) is 0 Å². The van der Waals surface area contributed by atoms with Crippen LogP contribution in [0.1, 0.15) is 36.6 Å². The van der Waals surface area contributed by atoms with E-state index >= 15 is 0 Å². The number of benzene rings is 2. The van der Waals surface area contributed by atoms with Crippen molar-refractivity contribution >= 4 is 22.9 Å². The number of fused-ring (bicyclic) bond motifs is 1. The summed E-state index contributed by atoms with van der Waals surface area (Å²) in [4.78, 5) is 13.5. The molecule has 27 heavy (non-hydrogen) atoms. The number of hydrogen-bond acceptors (Lipinski definition) is 3. The molecule has 0 bridgehead atoms. The molecule has 1 atom stereocenters. The summed E-state index contributed by atoms with van der Waals surface area (Å²) in [5, 5.41) is 5.05. The van der Waals surface area contributed by atoms with Crippen LogP contribution in [0.2, 0.25) is 0 Å². The first-order valence-corrected chi connectivity index (χ1v) is 9.83. The molecule has 1 aliphatic heterocycles. The fraction of sp³-hybridized carbons (Fsp3) is 0.227. The van der Waals surface area contributed by atoms with E-state index in [2.05, 4.69) is 5.32 Å². The first kappa shape index (κ1) is 17.7. The summed E-state index contributed by atoms with van der Waals surface area (Å²) in [5.74, 6) is 0.568. The molecule has 3 nitrogen and oxygen atoms in total. The van der Waals surface area contributed by atoms with Gasteiger partial charge in [-0.25, -0.2) is 4.39 Å². The number of anilines is 1. The molecule has 4 rings (SSSR count). The maximum absolute atomic E-state index is 13.2. The lowest BCUT2D eigenvalue weighted by Gasteiger charge is -2.24. The molecule has 0 unspecified atom stereocenters. The van der Waals surface area contributed by atoms with E-state index in [9.17, 15) is 9.18 Å². The molecule has 0 fully saturated rings. The van der Waals surface area contributed by atoms with Gasteiger partial charge in [-0.3, -0.25) is 4.79 Å². The van der Waals surface area contributed by atoms with E-state index in [4.69, 9.17) is 4.74 Å². The maximum Gasteiger partial charge on any atom is 0.225 e. The average molecular weight is 381 g/mol. The van der Waals surface area contributed by atoms with Crippen molar-refractivity contribution < 1.29 is 13.9 Å². The van der Waals surface area contributed by atoms with E-state index < -0.39 is 0 Å². The first-order chi connectivity index (χ1) is 13.0. The number of amides is 1. The maximum atomic E-state index is 13.2. The molecule has 0 saturated carbocycles. The Morgan fingerprint density at radius 1 is 1.11 bits per heavy atom. The Morgan fingerprint density at radius 2 is 1.81 bits per heavy atom. The molecule has 1 amide bonds. The van der Waals surface area contributed by atoms with Crippen molar-refractivity contribution in [2.75, 3.05) is 5.32 Å². The molecule has 0 radical (unpaired) electrons. The molecule has 0 saturated heterocycles. The van der Waals surface area contributed by atoms with Crippen LogP contribution in [-0.2, 0) is 4.79 Å². The second-order valence-electron chi connectivity index (χ2n) is 6.94. The minimum absolute atomic E-state index is 0.00299. The second-order valence-corrected chi connectivity index (χ2v) is 7.85. The van der Waals surface area contributed by atoms with Gasteiger partial charge in [-0.05, 0) is 49.2 Å². The number of carbonyl (C=O) groups is 1. The van der Waals surface area contributed by atoms with Crippen LogP contribution in [-0.4, -0.2) is 12.0 Å². The lowest BCUT2D eigenvalue weighted by atomic mass is 9.89. The van der Waals surface area contributed by atoms with Crippen LogP contribution >= 0.6 is 11.3 Å². The third kappa shape index (κ3) is 3.60. The molecule has 5 heteroatoms. The van der Waals surface area contributed by atoms with Crippen LogP contribution in [0.4, 0.5) is 10.1 Å². The highest BCUT2D eigenvalue weighted by Crippen LogP contribution is 2.46. The minimum atomic E-state index is -0.270. The van der Waals surface area contributed by atoms with Gasteiger partial charge in [0.15, 0.2) is 0 Å². The fourth-order valence-electron chi connectivity index (χ4n) is 3.39. The van der Waals surface area contributed by atoms with Crippen molar-refractivity contribution in [2.45, 2.75) is 32.3 Å². The van der Waals surface area contributed by atoms with Crippen LogP contribution in [0.3, 0.4) is 0 Å². The van der Waals surface area contributed by atoms with E-state index in [-0.39, 0.29) is 23.7 Å². The molecule has 2 aromatic carbocycles. The van der Waals surface area contributed by atoms with Crippen molar-refractivity contribution in [1.82, 2.24) is 0 Å². The lowest BCUT2D eigenvalue weighted by molar-refractivity contribution is -0.116. The molecular formula is C22H20FNO2S. The fourth-order valence-corrected chi connectivity index (χ4v) is 4.55. The van der Waals surface area contributed by atoms with Gasteiger partial charge in [0.2, 0.25) is 5.91 Å². The van der Waals surface area contributed by atoms with E-state index in [0.717, 1.165) is 33.0 Å². The average Bonchev–Trinajstić information content (AvgIpc) is 3.05. The zero-order valence-corrected chi connectivity index (χ0v) is 16.0. The van der Waals surface area contributed by atoms with Crippen LogP contribution in [0.25, 0.3) is 11.1 Å². The van der Waals surface area contributed by atoms with Gasteiger partial charge in [0, 0.05) is 28.2 Å². The van der Waals surface area contributed by atoms with E-state index in [0.29, 0.717) is 6.42 Å². The predicted molar refractivity (Wildman–Crippen MR) is 107 cm³/mol. The number of thiophene rings is 1. The van der Waals surface area contributed by atoms with Gasteiger partial charge in [-0.2, -0.15) is 0 Å². The molecule has 0 aliphatic carbocycles. The van der Waals surface area contributed by atoms with Crippen molar-refractivity contribution in [3.63, 3.8) is 0 Å². The standard InChI is InChI=1S/C22H20FNO2S/c1-13(2)26-17-9-5-14(6-10-17)18-11-20(25)24-21-19(12-27-22(18)21)15-3-7-16(23)8-4-15/h3-10,12-13,18H,11H2,1-2H3,(H,24,25)/t18-/m1/s1. The van der Waals surface area contributed by atoms with Crippen molar-refractivity contribution in [1.29, 1.82) is 0 Å². The number of carbonyl (C=O) groups excluding carboxylic acids is 1. The Labute approximate surface area is 161 Å². The van der Waals surface area contributed by atoms with Gasteiger partial charge in [0.1, 0.15) is 11.6 Å². The molecular weight excluding hydrogens is 361 g/mol. The molecule has 1 aromatic heterocycles. The number of hydrogen-bond donors (Lipinski definition) is 1. The zero-order chi connectivity index (χ0) is 19.0. The summed E-state index contributed by atoms with van der Waals surface area (Å²) in [6.45, 7) is 3.99. The zero-order valence-electron chi connectivity index (χ0n) is 15.2. The SMILES string of the molecule is CC(C)Oc1ccc([C@H]2CC(=O)Nc3c(-c4ccc(F)cc4)csc32)cc1. The smallest absolute Gasteiger partial charge is 0.225 e. The van der Waals surface area contributed by atoms with Crippen molar-refractivity contribution in [3.8, 4) is 16.9 Å². The third-order valence-corrected chi connectivity index (χ3v) is 5.70. The minimum Gasteiger partial charge on any atom is -0.491 e. The predicted octanol–water partition coefficient (Wildman–Crippen LogP) is 5.82. The van der Waals surface area contributed by atoms with Crippen LogP contribution in [0, 0.1) is 5.82 Å². The topological polar surface area (TPSA) is 38.3 Å². The monoisotopic (exact) mass is 381 g/mol. The Kier molecular flexibility index (Phi) is 4.70. The largest absolute Gasteiger partial charge is 0.491 e. The van der Waals surface area contributed by atoms with Gasteiger partial charge in [-0.1, -0.05) is 24.3 Å². The summed E-state index contributed by atoms with van der Waals surface area (Å²) in [6.07, 6.45) is 0.541. The van der Waals surface area contributed by atoms with E-state index in [1.54, 1.807) is 23.5 Å². The molecule has 1 aliphatic rings. The summed E-state index contributed by atoms with van der Waals surface area (Å²) in [5.41, 5.74) is 3.77. The molecule has 0 spiro atoms. The molecule has 138 valence electrons. The highest BCUT2D eigenvalue weighted by Gasteiger charge is 2.30. The van der Waals surface area contributed by atoms with E-state index in [1.807, 2.05) is 43.5 Å². The summed E-state index contributed by atoms with van der Waals surface area (Å²) >= 11 is 1.63. The van der Waals surface area contributed by atoms with Crippen LogP contribution in [0.5, 0.6) is 5.75 Å². The quantitative estimate of drug-likeness (QED) is 0.619. The van der Waals surface area contributed by atoms with Crippen LogP contribution < -0.4 is 10.1 Å². The highest BCUT2D eigenvalue weighted by molar-refractivity contribution is 7.11. The Morgan fingerprint density at radius 3 is 2.48 bits per heavy atom. The number of rotatable bonds is 4. The molecule has 1 N–H and O–H groups in total. The second kappa shape index (κ2) is 7.16. The normalized spacial score (nSPS) is 16.1. The van der Waals surface area contributed by atoms with Crippen LogP contribution in [0.15, 0.2) is 53.9 Å². The Hall–Kier alpha value is -2.66. The first-order valence-electron chi connectivity index (χ1n) is 8.95. The number of ether oxygens (including phenoxy) is 1. The Balaban J connectivity index is 1.69. The highest BCUT2D eigenvalue weighted by atomic mass is 32.1. The summed E-state index contributed by atoms with van der Waals surface area (Å²) < 4.78 is 19.0. The summed E-state index contributed by atoms with van der Waals surface area (Å²) in [7, 11) is 0. The lowest BCUT2D eigenvalue weighted by Crippen LogP contribution is -2.22. The number of halogens is 1. The molecule has 3 aromatic rings. The van der Waals surface area contributed by atoms with Gasteiger partial charge in [0.05, 0.1) is 11.8 Å². The Bertz CT molecular complexity index is 961. The molecule has 2 heterocycles. The van der Waals surface area contributed by atoms with Gasteiger partial charge in [-0.15, -0.1) is 11.3 Å². The third-order valence-electron chi connectivity index (χ3n) is 4.60.